The van der Waals surface area contributed by atoms with Gasteiger partial charge in [-0.25, -0.2) is 14.4 Å². The molecule has 1 aromatic carbocycles. The molecule has 0 aliphatic carbocycles. The number of carbonyl (C=O) groups excluding carboxylic acids is 3. The number of rotatable bonds is 11. The first kappa shape index (κ1) is 34.7. The van der Waals surface area contributed by atoms with E-state index in [-0.39, 0.29) is 29.7 Å². The van der Waals surface area contributed by atoms with E-state index in [1.807, 2.05) is 7.05 Å². The summed E-state index contributed by atoms with van der Waals surface area (Å²) in [5.74, 6) is -2.38. The highest BCUT2D eigenvalue weighted by atomic mass is 35.5. The van der Waals surface area contributed by atoms with E-state index in [4.69, 9.17) is 21.1 Å². The number of alkyl halides is 3. The minimum Gasteiger partial charge on any atom is -0.451 e. The molecule has 2 aliphatic heterocycles. The predicted molar refractivity (Wildman–Crippen MR) is 150 cm³/mol. The fourth-order valence-electron chi connectivity index (χ4n) is 5.42. The maximum atomic E-state index is 13.4. The minimum atomic E-state index is -5.31. The summed E-state index contributed by atoms with van der Waals surface area (Å²) in [6, 6.07) is 6.67. The number of amides is 3. The molecule has 3 amide bonds. The summed E-state index contributed by atoms with van der Waals surface area (Å²) in [5, 5.41) is 6.92. The van der Waals surface area contributed by atoms with E-state index in [1.165, 1.54) is 0 Å². The Morgan fingerprint density at radius 1 is 1.23 bits per heavy atom. The van der Waals surface area contributed by atoms with Crippen LogP contribution in [-0.2, 0) is 23.8 Å². The number of urea groups is 1. The number of nitrogens with zero attached hydrogens (tertiary/aromatic N) is 2. The smallest absolute Gasteiger partial charge is 0.451 e. The number of piperidine rings is 1. The van der Waals surface area contributed by atoms with Crippen molar-refractivity contribution in [3.63, 3.8) is 0 Å². The van der Waals surface area contributed by atoms with Gasteiger partial charge in [-0.1, -0.05) is 23.7 Å². The zero-order valence-electron chi connectivity index (χ0n) is 24.4. The second kappa shape index (κ2) is 16.9. The van der Waals surface area contributed by atoms with Gasteiger partial charge in [-0.15, -0.1) is 5.06 Å². The molecular weight excluding hydrogens is 597 g/mol. The molecular formula is C28H40ClF3N4O7. The zero-order valence-corrected chi connectivity index (χ0v) is 25.1. The quantitative estimate of drug-likeness (QED) is 0.345. The lowest BCUT2D eigenvalue weighted by Crippen LogP contribution is -2.52. The Balaban J connectivity index is 1.68. The average Bonchev–Trinajstić information content (AvgIpc) is 2.98. The molecule has 0 spiro atoms. The summed E-state index contributed by atoms with van der Waals surface area (Å²) in [4.78, 5) is 42.6. The summed E-state index contributed by atoms with van der Waals surface area (Å²) in [6.45, 7) is 2.14. The van der Waals surface area contributed by atoms with Crippen molar-refractivity contribution >= 4 is 29.7 Å². The minimum absolute atomic E-state index is 0.0757. The fourth-order valence-corrected chi connectivity index (χ4v) is 5.62. The first-order valence-corrected chi connectivity index (χ1v) is 14.7. The largest absolute Gasteiger partial charge is 0.493 e. The van der Waals surface area contributed by atoms with Crippen molar-refractivity contribution in [3.05, 3.63) is 34.9 Å². The third-order valence-corrected chi connectivity index (χ3v) is 7.63. The molecule has 0 aromatic heterocycles. The van der Waals surface area contributed by atoms with Crippen LogP contribution in [0.1, 0.15) is 43.8 Å². The number of likely N-dealkylation sites (N-methyl/N-ethyl adjacent to an activating group) is 1. The molecule has 2 aliphatic rings. The molecule has 3 rings (SSSR count). The second-order valence-electron chi connectivity index (χ2n) is 10.7. The van der Waals surface area contributed by atoms with Gasteiger partial charge in [0.05, 0.1) is 26.4 Å². The Hall–Kier alpha value is -2.81. The van der Waals surface area contributed by atoms with Crippen LogP contribution in [0, 0.1) is 11.8 Å². The van der Waals surface area contributed by atoms with Crippen molar-refractivity contribution < 1.29 is 46.6 Å². The van der Waals surface area contributed by atoms with E-state index in [0.29, 0.717) is 55.6 Å². The number of nitrogens with one attached hydrogen (secondary N) is 2. The number of hydroxylamine groups is 2. The Kier molecular flexibility index (Phi) is 13.6. The van der Waals surface area contributed by atoms with Gasteiger partial charge in [-0.2, -0.15) is 13.2 Å². The maximum Gasteiger partial charge on any atom is 0.493 e. The van der Waals surface area contributed by atoms with Crippen molar-refractivity contribution in [2.24, 2.45) is 11.8 Å². The molecule has 2 N–H and O–H groups in total. The van der Waals surface area contributed by atoms with Crippen LogP contribution in [0.15, 0.2) is 24.3 Å². The molecule has 2 saturated heterocycles. The standard InChI is InChI=1S/C28H40ClF3N4O7/c1-33-16-23(14-19-6-5-12-41-18-19)34-26(38)35-10-4-8-21(17-35)24(20-7-3-9-22(29)15-20)42-13-11-36(27(39)40-2)43-25(37)28(30,31)32/h3,7,9,15,19,21,23-24,33H,4-6,8,10-14,16-18H2,1-2H3,(H,34,38)/t19-,21-,23+,24?/m1/s1. The van der Waals surface area contributed by atoms with Gasteiger partial charge in [-0.05, 0) is 62.8 Å². The van der Waals surface area contributed by atoms with Crippen molar-refractivity contribution in [2.75, 3.05) is 60.2 Å². The molecule has 2 fully saturated rings. The van der Waals surface area contributed by atoms with Crippen LogP contribution in [0.5, 0.6) is 0 Å². The second-order valence-corrected chi connectivity index (χ2v) is 11.1. The number of halogens is 4. The highest BCUT2D eigenvalue weighted by molar-refractivity contribution is 6.30. The van der Waals surface area contributed by atoms with Crippen LogP contribution >= 0.6 is 11.6 Å². The van der Waals surface area contributed by atoms with Crippen LogP contribution < -0.4 is 10.6 Å². The molecule has 2 heterocycles. The molecule has 15 heteroatoms. The highest BCUT2D eigenvalue weighted by Crippen LogP contribution is 2.34. The van der Waals surface area contributed by atoms with Crippen LogP contribution in [0.4, 0.5) is 22.8 Å². The number of hydrogen-bond acceptors (Lipinski definition) is 8. The van der Waals surface area contributed by atoms with E-state index in [0.717, 1.165) is 33.0 Å². The van der Waals surface area contributed by atoms with Gasteiger partial charge in [-0.3, -0.25) is 0 Å². The van der Waals surface area contributed by atoms with Crippen molar-refractivity contribution in [3.8, 4) is 0 Å². The summed E-state index contributed by atoms with van der Waals surface area (Å²) in [7, 11) is 2.78. The lowest BCUT2D eigenvalue weighted by atomic mass is 9.88. The van der Waals surface area contributed by atoms with Crippen LogP contribution in [-0.4, -0.2) is 100 Å². The number of carbonyl (C=O) groups is 3. The van der Waals surface area contributed by atoms with E-state index in [9.17, 15) is 27.6 Å². The van der Waals surface area contributed by atoms with Gasteiger partial charge in [0.2, 0.25) is 0 Å². The maximum absolute atomic E-state index is 13.4. The van der Waals surface area contributed by atoms with Crippen molar-refractivity contribution in [2.45, 2.75) is 50.4 Å². The van der Waals surface area contributed by atoms with E-state index in [2.05, 4.69) is 20.2 Å². The Bertz CT molecular complexity index is 1060. The molecule has 11 nitrogen and oxygen atoms in total. The van der Waals surface area contributed by atoms with Gasteiger partial charge < -0.3 is 34.6 Å². The number of methoxy groups -OCH3 is 1. The normalized spacial score (nSPS) is 20.6. The molecule has 4 atom stereocenters. The van der Waals surface area contributed by atoms with Gasteiger partial charge >= 0.3 is 24.3 Å². The van der Waals surface area contributed by atoms with Gasteiger partial charge in [0.25, 0.3) is 0 Å². The summed E-state index contributed by atoms with van der Waals surface area (Å²) in [6.07, 6.45) is -2.97. The van der Waals surface area contributed by atoms with Crippen LogP contribution in [0.2, 0.25) is 5.02 Å². The Morgan fingerprint density at radius 2 is 2.02 bits per heavy atom. The Morgan fingerprint density at radius 3 is 2.67 bits per heavy atom. The first-order chi connectivity index (χ1) is 20.5. The fraction of sp³-hybridized carbons (Fsp3) is 0.679. The molecule has 0 bridgehead atoms. The monoisotopic (exact) mass is 636 g/mol. The molecule has 43 heavy (non-hydrogen) atoms. The van der Waals surface area contributed by atoms with Gasteiger partial charge in [0.15, 0.2) is 0 Å². The molecule has 0 saturated carbocycles. The molecule has 1 aromatic rings. The number of ether oxygens (including phenoxy) is 3. The summed E-state index contributed by atoms with van der Waals surface area (Å²) < 4.78 is 54.3. The number of likely N-dealkylation sites (tertiary alicyclic amines) is 1. The first-order valence-electron chi connectivity index (χ1n) is 14.3. The number of hydrogen-bond donors (Lipinski definition) is 2. The molecule has 1 unspecified atom stereocenters. The van der Waals surface area contributed by atoms with Crippen LogP contribution in [0.25, 0.3) is 0 Å². The third kappa shape index (κ3) is 11.0. The lowest BCUT2D eigenvalue weighted by Gasteiger charge is -2.38. The molecule has 0 radical (unpaired) electrons. The SMILES string of the molecule is CNC[C@H](C[C@H]1CCCOC1)NC(=O)N1CCC[C@@H](C(OCCN(OC(=O)C(F)(F)F)C(=O)OC)c2cccc(Cl)c2)C1. The van der Waals surface area contributed by atoms with E-state index < -0.39 is 30.9 Å². The Labute approximate surface area is 254 Å². The van der Waals surface area contributed by atoms with Crippen molar-refractivity contribution in [1.29, 1.82) is 0 Å². The van der Waals surface area contributed by atoms with Gasteiger partial charge in [0.1, 0.15) is 0 Å². The van der Waals surface area contributed by atoms with Gasteiger partial charge in [0, 0.05) is 49.8 Å². The highest BCUT2D eigenvalue weighted by Gasteiger charge is 2.43. The van der Waals surface area contributed by atoms with Crippen LogP contribution in [0.3, 0.4) is 0 Å². The van der Waals surface area contributed by atoms with E-state index >= 15 is 0 Å². The lowest BCUT2D eigenvalue weighted by molar-refractivity contribution is -0.232. The van der Waals surface area contributed by atoms with Crippen molar-refractivity contribution in [1.82, 2.24) is 20.6 Å². The summed E-state index contributed by atoms with van der Waals surface area (Å²) in [5.41, 5.74) is 0.696. The predicted octanol–water partition coefficient (Wildman–Crippen LogP) is 4.31. The third-order valence-electron chi connectivity index (χ3n) is 7.40. The summed E-state index contributed by atoms with van der Waals surface area (Å²) >= 11 is 6.24. The topological polar surface area (TPSA) is 119 Å². The number of benzene rings is 1. The van der Waals surface area contributed by atoms with E-state index in [1.54, 1.807) is 29.2 Å². The zero-order chi connectivity index (χ0) is 31.4. The molecule has 242 valence electrons. The average molecular weight is 637 g/mol.